The number of alkyl halides is 3. The highest BCUT2D eigenvalue weighted by atomic mass is 19.4. The van der Waals surface area contributed by atoms with Crippen LogP contribution in [0.15, 0.2) is 36.4 Å². The maximum atomic E-state index is 12.7. The van der Waals surface area contributed by atoms with E-state index in [0.717, 1.165) is 17.7 Å². The lowest BCUT2D eigenvalue weighted by molar-refractivity contribution is -0.141. The summed E-state index contributed by atoms with van der Waals surface area (Å²) in [6.07, 6.45) is -4.60. The predicted molar refractivity (Wildman–Crippen MR) is 71.5 cm³/mol. The third-order valence-electron chi connectivity index (χ3n) is 2.68. The monoisotopic (exact) mass is 295 g/mol. The summed E-state index contributed by atoms with van der Waals surface area (Å²) in [5, 5.41) is 7.38. The predicted octanol–water partition coefficient (Wildman–Crippen LogP) is 3.49. The molecule has 1 aromatic carbocycles. The van der Waals surface area contributed by atoms with Crippen LogP contribution in [0.1, 0.15) is 16.8 Å². The van der Waals surface area contributed by atoms with Gasteiger partial charge in [0.2, 0.25) is 5.88 Å². The van der Waals surface area contributed by atoms with Crippen LogP contribution in [0.2, 0.25) is 0 Å². The minimum atomic E-state index is -4.60. The van der Waals surface area contributed by atoms with E-state index in [9.17, 15) is 13.2 Å². The van der Waals surface area contributed by atoms with Gasteiger partial charge in [-0.3, -0.25) is 5.41 Å². The van der Waals surface area contributed by atoms with Crippen molar-refractivity contribution >= 4 is 5.84 Å². The number of benzene rings is 1. The molecule has 110 valence electrons. The standard InChI is InChI=1S/C14H12F3N3O/c1-8-2-4-9(5-3-8)21-13-10(12(18)19)6-7-11(20-13)14(15,16)17/h2-7H,1H3,(H3,18,19). The number of amidine groups is 1. The first-order valence-electron chi connectivity index (χ1n) is 5.94. The maximum absolute atomic E-state index is 12.7. The SMILES string of the molecule is Cc1ccc(Oc2nc(C(F)(F)F)ccc2C(=N)N)cc1. The van der Waals surface area contributed by atoms with E-state index in [2.05, 4.69) is 4.98 Å². The van der Waals surface area contributed by atoms with Crippen LogP contribution in [0.4, 0.5) is 13.2 Å². The van der Waals surface area contributed by atoms with E-state index in [1.54, 1.807) is 24.3 Å². The number of nitrogen functional groups attached to an aromatic ring is 1. The summed E-state index contributed by atoms with van der Waals surface area (Å²) < 4.78 is 43.4. The first-order valence-corrected chi connectivity index (χ1v) is 5.94. The van der Waals surface area contributed by atoms with Crippen LogP contribution in [-0.2, 0) is 6.18 Å². The van der Waals surface area contributed by atoms with Crippen LogP contribution < -0.4 is 10.5 Å². The smallest absolute Gasteiger partial charge is 0.433 e. The van der Waals surface area contributed by atoms with Gasteiger partial charge in [0.05, 0.1) is 5.56 Å². The molecule has 0 aliphatic carbocycles. The first kappa shape index (κ1) is 14.8. The van der Waals surface area contributed by atoms with Gasteiger partial charge in [-0.05, 0) is 31.2 Å². The Labute approximate surface area is 118 Å². The molecule has 0 amide bonds. The Balaban J connectivity index is 2.43. The molecule has 0 saturated carbocycles. The summed E-state index contributed by atoms with van der Waals surface area (Å²) in [5.74, 6) is -0.450. The molecule has 4 nitrogen and oxygen atoms in total. The summed E-state index contributed by atoms with van der Waals surface area (Å²) in [5.41, 5.74) is 5.21. The summed E-state index contributed by atoms with van der Waals surface area (Å²) in [6, 6.07) is 8.52. The van der Waals surface area contributed by atoms with Crippen molar-refractivity contribution in [2.75, 3.05) is 0 Å². The van der Waals surface area contributed by atoms with E-state index in [-0.39, 0.29) is 11.4 Å². The number of rotatable bonds is 3. The largest absolute Gasteiger partial charge is 0.438 e. The molecule has 3 N–H and O–H groups in total. The molecule has 0 aliphatic rings. The third-order valence-corrected chi connectivity index (χ3v) is 2.68. The molecule has 2 aromatic rings. The Hall–Kier alpha value is -2.57. The fourth-order valence-corrected chi connectivity index (χ4v) is 1.60. The van der Waals surface area contributed by atoms with Crippen LogP contribution in [-0.4, -0.2) is 10.8 Å². The van der Waals surface area contributed by atoms with Gasteiger partial charge in [0, 0.05) is 0 Å². The number of aryl methyl sites for hydroxylation is 1. The van der Waals surface area contributed by atoms with Gasteiger partial charge in [0.25, 0.3) is 0 Å². The van der Waals surface area contributed by atoms with Crippen molar-refractivity contribution in [2.45, 2.75) is 13.1 Å². The van der Waals surface area contributed by atoms with Gasteiger partial charge in [-0.2, -0.15) is 13.2 Å². The molecule has 0 spiro atoms. The highest BCUT2D eigenvalue weighted by Gasteiger charge is 2.33. The second-order valence-electron chi connectivity index (χ2n) is 4.38. The summed E-state index contributed by atoms with van der Waals surface area (Å²) in [4.78, 5) is 3.41. The molecule has 2 rings (SSSR count). The van der Waals surface area contributed by atoms with E-state index in [1.165, 1.54) is 0 Å². The van der Waals surface area contributed by atoms with Crippen LogP contribution >= 0.6 is 0 Å². The summed E-state index contributed by atoms with van der Waals surface area (Å²) in [7, 11) is 0. The zero-order valence-corrected chi connectivity index (χ0v) is 11.0. The normalized spacial score (nSPS) is 11.2. The molecule has 0 unspecified atom stereocenters. The molecule has 21 heavy (non-hydrogen) atoms. The number of nitrogens with two attached hydrogens (primary N) is 1. The number of hydrogen-bond donors (Lipinski definition) is 2. The maximum Gasteiger partial charge on any atom is 0.433 e. The van der Waals surface area contributed by atoms with E-state index < -0.39 is 17.7 Å². The minimum absolute atomic E-state index is 0.00331. The number of aromatic nitrogens is 1. The third kappa shape index (κ3) is 3.50. The first-order chi connectivity index (χ1) is 9.77. The van der Waals surface area contributed by atoms with Crippen molar-refractivity contribution in [1.82, 2.24) is 4.98 Å². The van der Waals surface area contributed by atoms with Gasteiger partial charge in [-0.1, -0.05) is 17.7 Å². The topological polar surface area (TPSA) is 72.0 Å². The van der Waals surface area contributed by atoms with Gasteiger partial charge in [-0.15, -0.1) is 0 Å². The van der Waals surface area contributed by atoms with Crippen LogP contribution in [0.3, 0.4) is 0 Å². The van der Waals surface area contributed by atoms with Gasteiger partial charge in [-0.25, -0.2) is 4.98 Å². The Morgan fingerprint density at radius 1 is 1.14 bits per heavy atom. The van der Waals surface area contributed by atoms with Crippen molar-refractivity contribution < 1.29 is 17.9 Å². The lowest BCUT2D eigenvalue weighted by Gasteiger charge is -2.12. The molecule has 7 heteroatoms. The number of nitrogens with zero attached hydrogens (tertiary/aromatic N) is 1. The average molecular weight is 295 g/mol. The molecule has 0 radical (unpaired) electrons. The molecule has 0 saturated heterocycles. The van der Waals surface area contributed by atoms with E-state index in [1.807, 2.05) is 6.92 Å². The van der Waals surface area contributed by atoms with Crippen molar-refractivity contribution in [1.29, 1.82) is 5.41 Å². The molecule has 0 fully saturated rings. The Bertz CT molecular complexity index is 666. The zero-order chi connectivity index (χ0) is 15.6. The fourth-order valence-electron chi connectivity index (χ4n) is 1.60. The molecular formula is C14H12F3N3O. The zero-order valence-electron chi connectivity index (χ0n) is 11.0. The highest BCUT2D eigenvalue weighted by Crippen LogP contribution is 2.31. The second kappa shape index (κ2) is 5.43. The highest BCUT2D eigenvalue weighted by molar-refractivity contribution is 5.97. The minimum Gasteiger partial charge on any atom is -0.438 e. The lowest BCUT2D eigenvalue weighted by atomic mass is 10.2. The van der Waals surface area contributed by atoms with Gasteiger partial charge >= 0.3 is 6.18 Å². The van der Waals surface area contributed by atoms with E-state index in [0.29, 0.717) is 5.75 Å². The van der Waals surface area contributed by atoms with E-state index in [4.69, 9.17) is 15.9 Å². The summed E-state index contributed by atoms with van der Waals surface area (Å²) in [6.45, 7) is 1.87. The van der Waals surface area contributed by atoms with Crippen molar-refractivity contribution in [2.24, 2.45) is 5.73 Å². The summed E-state index contributed by atoms with van der Waals surface area (Å²) >= 11 is 0. The number of nitrogens with one attached hydrogen (secondary N) is 1. The molecule has 0 atom stereocenters. The van der Waals surface area contributed by atoms with Gasteiger partial charge < -0.3 is 10.5 Å². The quantitative estimate of drug-likeness (QED) is 0.672. The average Bonchev–Trinajstić information content (AvgIpc) is 2.40. The van der Waals surface area contributed by atoms with Crippen LogP contribution in [0, 0.1) is 12.3 Å². The fraction of sp³-hybridized carbons (Fsp3) is 0.143. The second-order valence-corrected chi connectivity index (χ2v) is 4.38. The number of halogens is 3. The van der Waals surface area contributed by atoms with Crippen molar-refractivity contribution in [3.8, 4) is 11.6 Å². The Morgan fingerprint density at radius 3 is 2.29 bits per heavy atom. The van der Waals surface area contributed by atoms with E-state index >= 15 is 0 Å². The van der Waals surface area contributed by atoms with Crippen LogP contribution in [0.5, 0.6) is 11.6 Å². The van der Waals surface area contributed by atoms with Gasteiger partial charge in [0.1, 0.15) is 17.3 Å². The Morgan fingerprint density at radius 2 is 1.76 bits per heavy atom. The number of ether oxygens (including phenoxy) is 1. The van der Waals surface area contributed by atoms with Crippen molar-refractivity contribution in [3.05, 3.63) is 53.2 Å². The number of hydrogen-bond acceptors (Lipinski definition) is 3. The van der Waals surface area contributed by atoms with Gasteiger partial charge in [0.15, 0.2) is 0 Å². The molecule has 0 aliphatic heterocycles. The Kier molecular flexibility index (Phi) is 3.84. The number of pyridine rings is 1. The molecule has 0 bridgehead atoms. The van der Waals surface area contributed by atoms with Crippen molar-refractivity contribution in [3.63, 3.8) is 0 Å². The molecular weight excluding hydrogens is 283 g/mol. The van der Waals surface area contributed by atoms with Crippen LogP contribution in [0.25, 0.3) is 0 Å². The lowest BCUT2D eigenvalue weighted by Crippen LogP contribution is -2.16. The molecule has 1 heterocycles. The molecule has 1 aromatic heterocycles.